The molecule has 0 saturated heterocycles. The maximum absolute atomic E-state index is 13.3. The summed E-state index contributed by atoms with van der Waals surface area (Å²) in [5, 5.41) is 5.40. The second-order valence-corrected chi connectivity index (χ2v) is 7.78. The van der Waals surface area contributed by atoms with Gasteiger partial charge in [0, 0.05) is 38.8 Å². The molecule has 1 amide bonds. The van der Waals surface area contributed by atoms with Gasteiger partial charge in [-0.2, -0.15) is 0 Å². The fourth-order valence-corrected chi connectivity index (χ4v) is 4.10. The molecule has 29 heavy (non-hydrogen) atoms. The van der Waals surface area contributed by atoms with Crippen molar-refractivity contribution in [3.63, 3.8) is 0 Å². The third-order valence-electron chi connectivity index (χ3n) is 5.09. The number of anilines is 1. The van der Waals surface area contributed by atoms with Crippen molar-refractivity contribution in [3.8, 4) is 5.69 Å². The molecule has 1 aromatic heterocycles. The zero-order valence-electron chi connectivity index (χ0n) is 16.3. The molecular weight excluding hydrogens is 409 g/mol. The molecule has 2 aromatic carbocycles. The largest absolute Gasteiger partial charge is 0.373 e. The Morgan fingerprint density at radius 2 is 1.79 bits per heavy atom. The van der Waals surface area contributed by atoms with Crippen LogP contribution in [0.1, 0.15) is 28.9 Å². The predicted octanol–water partition coefficient (Wildman–Crippen LogP) is 4.23. The van der Waals surface area contributed by atoms with Crippen LogP contribution in [-0.2, 0) is 13.0 Å². The van der Waals surface area contributed by atoms with E-state index in [9.17, 15) is 4.79 Å². The molecule has 0 atom stereocenters. The van der Waals surface area contributed by atoms with Crippen LogP contribution in [0.2, 0.25) is 10.0 Å². The van der Waals surface area contributed by atoms with Crippen LogP contribution in [0, 0.1) is 0 Å². The Hall–Kier alpha value is -2.57. The number of rotatable bonds is 3. The number of carbonyl (C=O) groups excluding carboxylic acids is 1. The minimum absolute atomic E-state index is 0.153. The molecule has 0 spiro atoms. The SMILES string of the molecule is CCc1nc(C(=O)N2CCN(C)c3ccccc3C2)nn1-c1c(Cl)cccc1Cl. The fourth-order valence-electron chi connectivity index (χ4n) is 3.54. The molecule has 0 bridgehead atoms. The minimum Gasteiger partial charge on any atom is -0.373 e. The van der Waals surface area contributed by atoms with Gasteiger partial charge in [-0.3, -0.25) is 4.79 Å². The highest BCUT2D eigenvalue weighted by Gasteiger charge is 2.26. The average molecular weight is 430 g/mol. The van der Waals surface area contributed by atoms with E-state index in [1.54, 1.807) is 27.8 Å². The molecule has 150 valence electrons. The van der Waals surface area contributed by atoms with Crippen LogP contribution < -0.4 is 4.90 Å². The number of para-hydroxylation sites is 2. The molecule has 0 N–H and O–H groups in total. The molecule has 3 aromatic rings. The number of fused-ring (bicyclic) bond motifs is 1. The summed E-state index contributed by atoms with van der Waals surface area (Å²) in [6, 6.07) is 13.4. The third kappa shape index (κ3) is 3.70. The standard InChI is InChI=1S/C21H21Cl2N5O/c1-3-18-24-20(25-28(18)19-15(22)8-6-9-16(19)23)21(29)27-12-11-26(2)17-10-5-4-7-14(17)13-27/h4-10H,3,11-13H2,1-2H3. The molecule has 0 radical (unpaired) electrons. The molecular formula is C21H21Cl2N5O. The number of likely N-dealkylation sites (N-methyl/N-ethyl adjacent to an activating group) is 1. The van der Waals surface area contributed by atoms with E-state index in [0.717, 1.165) is 17.8 Å². The van der Waals surface area contributed by atoms with Crippen molar-refractivity contribution in [2.24, 2.45) is 0 Å². The topological polar surface area (TPSA) is 54.3 Å². The lowest BCUT2D eigenvalue weighted by molar-refractivity contribution is 0.0739. The van der Waals surface area contributed by atoms with E-state index in [-0.39, 0.29) is 11.7 Å². The van der Waals surface area contributed by atoms with Gasteiger partial charge in [0.1, 0.15) is 11.5 Å². The maximum atomic E-state index is 13.3. The highest BCUT2D eigenvalue weighted by atomic mass is 35.5. The Labute approximate surface area is 179 Å². The lowest BCUT2D eigenvalue weighted by Crippen LogP contribution is -2.35. The molecule has 6 nitrogen and oxygen atoms in total. The number of halogens is 2. The van der Waals surface area contributed by atoms with E-state index in [1.807, 2.05) is 32.2 Å². The van der Waals surface area contributed by atoms with Crippen LogP contribution in [0.5, 0.6) is 0 Å². The zero-order valence-corrected chi connectivity index (χ0v) is 17.8. The molecule has 2 heterocycles. The third-order valence-corrected chi connectivity index (χ3v) is 5.70. The van der Waals surface area contributed by atoms with Gasteiger partial charge >= 0.3 is 0 Å². The Morgan fingerprint density at radius 3 is 2.52 bits per heavy atom. The maximum Gasteiger partial charge on any atom is 0.293 e. The predicted molar refractivity (Wildman–Crippen MR) is 115 cm³/mol. The van der Waals surface area contributed by atoms with Gasteiger partial charge in [0.15, 0.2) is 0 Å². The van der Waals surface area contributed by atoms with Gasteiger partial charge in [0.2, 0.25) is 5.82 Å². The monoisotopic (exact) mass is 429 g/mol. The first-order chi connectivity index (χ1) is 14.0. The molecule has 8 heteroatoms. The summed E-state index contributed by atoms with van der Waals surface area (Å²) in [4.78, 5) is 21.7. The smallest absolute Gasteiger partial charge is 0.293 e. The lowest BCUT2D eigenvalue weighted by atomic mass is 10.1. The van der Waals surface area contributed by atoms with Gasteiger partial charge in [-0.05, 0) is 23.8 Å². The van der Waals surface area contributed by atoms with Crippen LogP contribution in [0.3, 0.4) is 0 Å². The molecule has 0 fully saturated rings. The van der Waals surface area contributed by atoms with Gasteiger partial charge in [0.05, 0.1) is 10.0 Å². The van der Waals surface area contributed by atoms with Crippen molar-refractivity contribution in [1.82, 2.24) is 19.7 Å². The summed E-state index contributed by atoms with van der Waals surface area (Å²) >= 11 is 12.7. The van der Waals surface area contributed by atoms with Gasteiger partial charge in [0.25, 0.3) is 5.91 Å². The highest BCUT2D eigenvalue weighted by molar-refractivity contribution is 6.37. The lowest BCUT2D eigenvalue weighted by Gasteiger charge is -2.19. The average Bonchev–Trinajstić information content (AvgIpc) is 3.06. The fraction of sp³-hybridized carbons (Fsp3) is 0.286. The Kier molecular flexibility index (Phi) is 5.48. The summed E-state index contributed by atoms with van der Waals surface area (Å²) < 4.78 is 1.58. The molecule has 4 rings (SSSR count). The van der Waals surface area contributed by atoms with Crippen molar-refractivity contribution in [3.05, 3.63) is 69.7 Å². The summed E-state index contributed by atoms with van der Waals surface area (Å²) in [6.45, 7) is 3.80. The number of hydrogen-bond acceptors (Lipinski definition) is 4. The van der Waals surface area contributed by atoms with Crippen molar-refractivity contribution in [2.45, 2.75) is 19.9 Å². The van der Waals surface area contributed by atoms with Gasteiger partial charge in [-0.1, -0.05) is 54.4 Å². The van der Waals surface area contributed by atoms with Crippen LogP contribution in [0.4, 0.5) is 5.69 Å². The second-order valence-electron chi connectivity index (χ2n) is 6.96. The Bertz CT molecular complexity index is 1040. The first-order valence-corrected chi connectivity index (χ1v) is 10.2. The molecule has 0 unspecified atom stereocenters. The summed E-state index contributed by atoms with van der Waals surface area (Å²) in [5.74, 6) is 0.585. The van der Waals surface area contributed by atoms with E-state index in [4.69, 9.17) is 23.2 Å². The van der Waals surface area contributed by atoms with E-state index in [1.165, 1.54) is 0 Å². The molecule has 0 saturated carbocycles. The van der Waals surface area contributed by atoms with Crippen LogP contribution in [0.25, 0.3) is 5.69 Å². The van der Waals surface area contributed by atoms with Crippen LogP contribution >= 0.6 is 23.2 Å². The van der Waals surface area contributed by atoms with Crippen molar-refractivity contribution in [1.29, 1.82) is 0 Å². The zero-order chi connectivity index (χ0) is 20.5. The summed E-state index contributed by atoms with van der Waals surface area (Å²) in [6.07, 6.45) is 0.591. The first-order valence-electron chi connectivity index (χ1n) is 9.48. The quantitative estimate of drug-likeness (QED) is 0.624. The Balaban J connectivity index is 1.69. The molecule has 1 aliphatic rings. The van der Waals surface area contributed by atoms with Gasteiger partial charge < -0.3 is 9.80 Å². The number of carbonyl (C=O) groups is 1. The number of aryl methyl sites for hydroxylation is 1. The number of amides is 1. The van der Waals surface area contributed by atoms with Gasteiger partial charge in [-0.15, -0.1) is 5.10 Å². The number of aromatic nitrogens is 3. The molecule has 1 aliphatic heterocycles. The van der Waals surface area contributed by atoms with Crippen molar-refractivity contribution >= 4 is 34.8 Å². The van der Waals surface area contributed by atoms with Crippen molar-refractivity contribution in [2.75, 3.05) is 25.0 Å². The van der Waals surface area contributed by atoms with Crippen LogP contribution in [0.15, 0.2) is 42.5 Å². The number of benzene rings is 2. The molecule has 0 aliphatic carbocycles. The van der Waals surface area contributed by atoms with E-state index >= 15 is 0 Å². The van der Waals surface area contributed by atoms with E-state index in [2.05, 4.69) is 21.0 Å². The van der Waals surface area contributed by atoms with Crippen LogP contribution in [-0.4, -0.2) is 45.7 Å². The highest BCUT2D eigenvalue weighted by Crippen LogP contribution is 2.29. The van der Waals surface area contributed by atoms with Crippen molar-refractivity contribution < 1.29 is 4.79 Å². The number of nitrogens with zero attached hydrogens (tertiary/aromatic N) is 5. The van der Waals surface area contributed by atoms with E-state index < -0.39 is 0 Å². The number of hydrogen-bond donors (Lipinski definition) is 0. The van der Waals surface area contributed by atoms with E-state index in [0.29, 0.717) is 41.1 Å². The summed E-state index contributed by atoms with van der Waals surface area (Å²) in [5.41, 5.74) is 2.78. The summed E-state index contributed by atoms with van der Waals surface area (Å²) in [7, 11) is 2.04. The second kappa shape index (κ2) is 8.05. The first kappa shape index (κ1) is 19.7. The van der Waals surface area contributed by atoms with Gasteiger partial charge in [-0.25, -0.2) is 9.67 Å². The Morgan fingerprint density at radius 1 is 1.07 bits per heavy atom. The normalized spacial score (nSPS) is 13.9. The minimum atomic E-state index is -0.202.